The number of anilines is 2. The molecule has 2 N–H and O–H groups in total. The zero-order chi connectivity index (χ0) is 21.0. The third-order valence-electron chi connectivity index (χ3n) is 4.16. The summed E-state index contributed by atoms with van der Waals surface area (Å²) >= 11 is 0. The van der Waals surface area contributed by atoms with Gasteiger partial charge in [0.1, 0.15) is 11.6 Å². The number of pyridine rings is 1. The topological polar surface area (TPSA) is 89.4 Å². The molecule has 3 rings (SSSR count). The number of rotatable bonds is 5. The Morgan fingerprint density at radius 2 is 1.69 bits per heavy atom. The van der Waals surface area contributed by atoms with Gasteiger partial charge in [0.2, 0.25) is 0 Å². The maximum absolute atomic E-state index is 13.4. The van der Waals surface area contributed by atoms with Crippen molar-refractivity contribution >= 4 is 23.2 Å². The van der Waals surface area contributed by atoms with Crippen LogP contribution in [0, 0.1) is 5.82 Å². The number of aromatic nitrogens is 1. The first-order chi connectivity index (χ1) is 13.9. The van der Waals surface area contributed by atoms with Gasteiger partial charge in [-0.25, -0.2) is 4.39 Å². The van der Waals surface area contributed by atoms with E-state index in [-0.39, 0.29) is 16.7 Å². The van der Waals surface area contributed by atoms with Gasteiger partial charge in [-0.3, -0.25) is 14.4 Å². The molecule has 0 unspecified atom stereocenters. The van der Waals surface area contributed by atoms with Crippen LogP contribution in [0.15, 0.2) is 65.6 Å². The summed E-state index contributed by atoms with van der Waals surface area (Å²) in [6.45, 7) is 0. The number of amides is 2. The average Bonchev–Trinajstić information content (AvgIpc) is 2.70. The molecular formula is C21H18FN3O4. The van der Waals surface area contributed by atoms with Crippen molar-refractivity contribution in [2.24, 2.45) is 7.05 Å². The minimum Gasteiger partial charge on any atom is -0.495 e. The van der Waals surface area contributed by atoms with Gasteiger partial charge in [0.15, 0.2) is 0 Å². The fourth-order valence-electron chi connectivity index (χ4n) is 2.60. The maximum atomic E-state index is 13.4. The van der Waals surface area contributed by atoms with E-state index in [1.54, 1.807) is 19.2 Å². The molecule has 2 aromatic carbocycles. The van der Waals surface area contributed by atoms with Crippen molar-refractivity contribution < 1.29 is 18.7 Å². The molecule has 0 aliphatic carbocycles. The summed E-state index contributed by atoms with van der Waals surface area (Å²) in [4.78, 5) is 36.5. The number of methoxy groups -OCH3 is 1. The highest BCUT2D eigenvalue weighted by Gasteiger charge is 2.13. The largest absolute Gasteiger partial charge is 0.495 e. The molecule has 148 valence electrons. The Morgan fingerprint density at radius 3 is 2.38 bits per heavy atom. The number of benzene rings is 2. The molecule has 7 nitrogen and oxygen atoms in total. The number of ether oxygens (including phenoxy) is 1. The highest BCUT2D eigenvalue weighted by molar-refractivity contribution is 6.07. The summed E-state index contributed by atoms with van der Waals surface area (Å²) in [6.07, 6.45) is 1.50. The quantitative estimate of drug-likeness (QED) is 0.695. The van der Waals surface area contributed by atoms with E-state index in [1.165, 1.54) is 54.3 Å². The standard InChI is InChI=1S/C21H18FN3O4/c1-25-9-8-14(11-19(25)26)20(27)23-16-6-7-18(29-2)17(12-16)24-21(28)13-4-3-5-15(22)10-13/h3-12H,1-2H3,(H,23,27)(H,24,28). The molecular weight excluding hydrogens is 377 g/mol. The lowest BCUT2D eigenvalue weighted by molar-refractivity contribution is 0.101. The molecule has 0 saturated carbocycles. The summed E-state index contributed by atoms with van der Waals surface area (Å²) in [5.74, 6) is -1.17. The fraction of sp³-hybridized carbons (Fsp3) is 0.0952. The molecule has 0 saturated heterocycles. The van der Waals surface area contributed by atoms with E-state index in [2.05, 4.69) is 10.6 Å². The monoisotopic (exact) mass is 395 g/mol. The normalized spacial score (nSPS) is 10.3. The van der Waals surface area contributed by atoms with Crippen molar-refractivity contribution in [2.45, 2.75) is 0 Å². The number of carbonyl (C=O) groups excluding carboxylic acids is 2. The van der Waals surface area contributed by atoms with E-state index in [0.29, 0.717) is 17.1 Å². The van der Waals surface area contributed by atoms with Crippen LogP contribution in [0.3, 0.4) is 0 Å². The van der Waals surface area contributed by atoms with Crippen molar-refractivity contribution in [3.8, 4) is 5.75 Å². The van der Waals surface area contributed by atoms with E-state index in [4.69, 9.17) is 4.74 Å². The van der Waals surface area contributed by atoms with E-state index < -0.39 is 17.6 Å². The van der Waals surface area contributed by atoms with Crippen LogP contribution in [0.2, 0.25) is 0 Å². The molecule has 2 amide bonds. The predicted molar refractivity (Wildman–Crippen MR) is 107 cm³/mol. The first kappa shape index (κ1) is 19.8. The van der Waals surface area contributed by atoms with Crippen molar-refractivity contribution in [1.82, 2.24) is 4.57 Å². The number of nitrogens with zero attached hydrogens (tertiary/aromatic N) is 1. The summed E-state index contributed by atoms with van der Waals surface area (Å²) in [7, 11) is 3.02. The van der Waals surface area contributed by atoms with Crippen LogP contribution >= 0.6 is 0 Å². The lowest BCUT2D eigenvalue weighted by Crippen LogP contribution is -2.20. The molecule has 29 heavy (non-hydrogen) atoms. The highest BCUT2D eigenvalue weighted by atomic mass is 19.1. The van der Waals surface area contributed by atoms with Crippen LogP contribution in [-0.2, 0) is 7.05 Å². The minimum atomic E-state index is -0.530. The van der Waals surface area contributed by atoms with Gasteiger partial charge < -0.3 is 19.9 Å². The first-order valence-corrected chi connectivity index (χ1v) is 8.60. The lowest BCUT2D eigenvalue weighted by Gasteiger charge is -2.13. The van der Waals surface area contributed by atoms with Crippen molar-refractivity contribution in [2.75, 3.05) is 17.7 Å². The number of hydrogen-bond donors (Lipinski definition) is 2. The molecule has 0 radical (unpaired) electrons. The fourth-order valence-corrected chi connectivity index (χ4v) is 2.60. The SMILES string of the molecule is COc1ccc(NC(=O)c2ccn(C)c(=O)c2)cc1NC(=O)c1cccc(F)c1. The van der Waals surface area contributed by atoms with Crippen LogP contribution in [0.25, 0.3) is 0 Å². The van der Waals surface area contributed by atoms with Gasteiger partial charge in [0, 0.05) is 36.1 Å². The summed E-state index contributed by atoms with van der Waals surface area (Å²) in [6, 6.07) is 12.7. The second-order valence-corrected chi connectivity index (χ2v) is 6.20. The van der Waals surface area contributed by atoms with Gasteiger partial charge in [-0.2, -0.15) is 0 Å². The molecule has 0 bridgehead atoms. The Hall–Kier alpha value is -3.94. The van der Waals surface area contributed by atoms with Gasteiger partial charge in [-0.05, 0) is 42.5 Å². The van der Waals surface area contributed by atoms with Gasteiger partial charge in [0.25, 0.3) is 17.4 Å². The summed E-state index contributed by atoms with van der Waals surface area (Å²) in [5.41, 5.74) is 0.709. The predicted octanol–water partition coefficient (Wildman–Crippen LogP) is 3.04. The first-order valence-electron chi connectivity index (χ1n) is 8.60. The Balaban J connectivity index is 1.82. The number of halogens is 1. The van der Waals surface area contributed by atoms with Crippen LogP contribution < -0.4 is 20.9 Å². The average molecular weight is 395 g/mol. The zero-order valence-corrected chi connectivity index (χ0v) is 15.7. The van der Waals surface area contributed by atoms with Crippen LogP contribution in [-0.4, -0.2) is 23.5 Å². The Bertz CT molecular complexity index is 1140. The molecule has 3 aromatic rings. The molecule has 0 spiro atoms. The molecule has 1 aromatic heterocycles. The van der Waals surface area contributed by atoms with Crippen LogP contribution in [0.4, 0.5) is 15.8 Å². The smallest absolute Gasteiger partial charge is 0.255 e. The lowest BCUT2D eigenvalue weighted by atomic mass is 10.2. The Kier molecular flexibility index (Phi) is 5.73. The second kappa shape index (κ2) is 8.39. The number of nitrogens with one attached hydrogen (secondary N) is 2. The van der Waals surface area contributed by atoms with Crippen LogP contribution in [0.5, 0.6) is 5.75 Å². The zero-order valence-electron chi connectivity index (χ0n) is 15.7. The summed E-state index contributed by atoms with van der Waals surface area (Å²) < 4.78 is 19.9. The molecule has 0 atom stereocenters. The molecule has 0 fully saturated rings. The van der Waals surface area contributed by atoms with Gasteiger partial charge >= 0.3 is 0 Å². The van der Waals surface area contributed by atoms with E-state index >= 15 is 0 Å². The van der Waals surface area contributed by atoms with Crippen molar-refractivity contribution in [1.29, 1.82) is 0 Å². The summed E-state index contributed by atoms with van der Waals surface area (Å²) in [5, 5.41) is 5.30. The molecule has 1 heterocycles. The maximum Gasteiger partial charge on any atom is 0.255 e. The molecule has 0 aliphatic heterocycles. The van der Waals surface area contributed by atoms with E-state index in [0.717, 1.165) is 6.07 Å². The van der Waals surface area contributed by atoms with E-state index in [1.807, 2.05) is 0 Å². The number of carbonyl (C=O) groups is 2. The van der Waals surface area contributed by atoms with E-state index in [9.17, 15) is 18.8 Å². The Morgan fingerprint density at radius 1 is 0.966 bits per heavy atom. The van der Waals surface area contributed by atoms with Gasteiger partial charge in [-0.15, -0.1) is 0 Å². The van der Waals surface area contributed by atoms with Crippen LogP contribution in [0.1, 0.15) is 20.7 Å². The van der Waals surface area contributed by atoms with Crippen molar-refractivity contribution in [3.05, 3.63) is 88.1 Å². The third kappa shape index (κ3) is 4.67. The number of hydrogen-bond acceptors (Lipinski definition) is 4. The van der Waals surface area contributed by atoms with Gasteiger partial charge in [-0.1, -0.05) is 6.07 Å². The van der Waals surface area contributed by atoms with Gasteiger partial charge in [0.05, 0.1) is 12.8 Å². The second-order valence-electron chi connectivity index (χ2n) is 6.20. The minimum absolute atomic E-state index is 0.140. The third-order valence-corrected chi connectivity index (χ3v) is 4.16. The molecule has 0 aliphatic rings. The van der Waals surface area contributed by atoms with Crippen molar-refractivity contribution in [3.63, 3.8) is 0 Å². The highest BCUT2D eigenvalue weighted by Crippen LogP contribution is 2.28. The molecule has 8 heteroatoms. The number of aryl methyl sites for hydroxylation is 1. The Labute approximate surface area is 165 Å².